The molecule has 0 bridgehead atoms. The highest BCUT2D eigenvalue weighted by Gasteiger charge is 2.10. The first-order valence-corrected chi connectivity index (χ1v) is 7.14. The average molecular weight is 288 g/mol. The molecule has 20 heavy (non-hydrogen) atoms. The maximum absolute atomic E-state index is 11.4. The molecule has 0 heterocycles. The summed E-state index contributed by atoms with van der Waals surface area (Å²) in [4.78, 5) is -0.0885. The zero-order valence-electron chi connectivity index (χ0n) is 10.4. The molecular formula is C13H12N4O2S. The summed E-state index contributed by atoms with van der Waals surface area (Å²) in [5.41, 5.74) is 7.35. The van der Waals surface area contributed by atoms with Crippen LogP contribution >= 0.6 is 0 Å². The lowest BCUT2D eigenvalue weighted by Gasteiger charge is -2.10. The van der Waals surface area contributed by atoms with Crippen LogP contribution in [0.2, 0.25) is 0 Å². The Labute approximate surface area is 116 Å². The number of benzene rings is 2. The second-order valence-electron chi connectivity index (χ2n) is 4.12. The van der Waals surface area contributed by atoms with Crippen LogP contribution < -0.4 is 16.2 Å². The lowest BCUT2D eigenvalue weighted by Crippen LogP contribution is -2.12. The number of rotatable bonds is 3. The van der Waals surface area contributed by atoms with Crippen LogP contribution in [0.4, 0.5) is 17.1 Å². The number of primary sulfonamides is 1. The minimum atomic E-state index is -3.84. The van der Waals surface area contributed by atoms with E-state index in [1.807, 2.05) is 6.07 Å². The van der Waals surface area contributed by atoms with Gasteiger partial charge in [-0.3, -0.25) is 0 Å². The first kappa shape index (κ1) is 13.9. The molecule has 0 spiro atoms. The zero-order valence-corrected chi connectivity index (χ0v) is 11.2. The third-order valence-corrected chi connectivity index (χ3v) is 3.48. The van der Waals surface area contributed by atoms with E-state index in [-0.39, 0.29) is 10.6 Å². The monoisotopic (exact) mass is 288 g/mol. The summed E-state index contributed by atoms with van der Waals surface area (Å²) in [5, 5.41) is 17.0. The van der Waals surface area contributed by atoms with Crippen molar-refractivity contribution in [3.63, 3.8) is 0 Å². The Morgan fingerprint density at radius 2 is 1.85 bits per heavy atom. The molecule has 0 amide bonds. The summed E-state index contributed by atoms with van der Waals surface area (Å²) in [5.74, 6) is 0. The fraction of sp³-hybridized carbons (Fsp3) is 0. The number of nitrogens with two attached hydrogens (primary N) is 2. The minimum absolute atomic E-state index is 0.0885. The van der Waals surface area contributed by atoms with Gasteiger partial charge in [-0.2, -0.15) is 5.26 Å². The van der Waals surface area contributed by atoms with Crippen molar-refractivity contribution in [2.75, 3.05) is 11.1 Å². The van der Waals surface area contributed by atoms with Crippen molar-refractivity contribution in [2.45, 2.75) is 4.90 Å². The maximum Gasteiger partial charge on any atom is 0.238 e. The van der Waals surface area contributed by atoms with Crippen molar-refractivity contribution in [1.82, 2.24) is 0 Å². The van der Waals surface area contributed by atoms with Crippen molar-refractivity contribution in [3.05, 3.63) is 48.0 Å². The molecule has 0 fully saturated rings. The second-order valence-corrected chi connectivity index (χ2v) is 5.68. The maximum atomic E-state index is 11.4. The number of nitriles is 1. The summed E-state index contributed by atoms with van der Waals surface area (Å²) in [7, 11) is -3.84. The van der Waals surface area contributed by atoms with Gasteiger partial charge in [0.1, 0.15) is 6.07 Å². The minimum Gasteiger partial charge on any atom is -0.399 e. The van der Waals surface area contributed by atoms with Crippen LogP contribution in [0.15, 0.2) is 47.4 Å². The average Bonchev–Trinajstić information content (AvgIpc) is 2.37. The summed E-state index contributed by atoms with van der Waals surface area (Å²) >= 11 is 0. The quantitative estimate of drug-likeness (QED) is 0.739. The number of nitrogen functional groups attached to an aromatic ring is 1. The standard InChI is InChI=1S/C13H12N4O2S/c14-8-9-3-1-2-4-13(9)17-11-5-10(15)6-12(7-11)20(16,18)19/h1-7,17H,15H2,(H2,16,18,19). The second kappa shape index (κ2) is 5.21. The lowest BCUT2D eigenvalue weighted by molar-refractivity contribution is 0.598. The number of sulfonamides is 1. The molecule has 0 aliphatic rings. The van der Waals surface area contributed by atoms with Gasteiger partial charge in [0.2, 0.25) is 10.0 Å². The molecule has 6 nitrogen and oxygen atoms in total. The van der Waals surface area contributed by atoms with Gasteiger partial charge in [-0.25, -0.2) is 13.6 Å². The Morgan fingerprint density at radius 1 is 1.15 bits per heavy atom. The van der Waals surface area contributed by atoms with Crippen molar-refractivity contribution in [1.29, 1.82) is 5.26 Å². The number of nitrogens with zero attached hydrogens (tertiary/aromatic N) is 1. The normalized spacial score (nSPS) is 10.8. The van der Waals surface area contributed by atoms with Crippen molar-refractivity contribution < 1.29 is 8.42 Å². The van der Waals surface area contributed by atoms with Gasteiger partial charge >= 0.3 is 0 Å². The van der Waals surface area contributed by atoms with E-state index in [2.05, 4.69) is 5.32 Å². The predicted molar refractivity (Wildman–Crippen MR) is 76.7 cm³/mol. The molecule has 0 saturated heterocycles. The van der Waals surface area contributed by atoms with Gasteiger partial charge in [-0.05, 0) is 30.3 Å². The molecule has 2 rings (SSSR count). The van der Waals surface area contributed by atoms with Gasteiger partial charge in [-0.1, -0.05) is 12.1 Å². The number of para-hydroxylation sites is 1. The molecule has 0 saturated carbocycles. The molecule has 0 unspecified atom stereocenters. The van der Waals surface area contributed by atoms with E-state index in [1.54, 1.807) is 30.3 Å². The van der Waals surface area contributed by atoms with Crippen molar-refractivity contribution >= 4 is 27.1 Å². The van der Waals surface area contributed by atoms with E-state index in [4.69, 9.17) is 16.1 Å². The highest BCUT2D eigenvalue weighted by Crippen LogP contribution is 2.24. The summed E-state index contributed by atoms with van der Waals surface area (Å²) in [6.07, 6.45) is 0. The summed E-state index contributed by atoms with van der Waals surface area (Å²) in [6.45, 7) is 0. The van der Waals surface area contributed by atoms with Crippen LogP contribution in [0.1, 0.15) is 5.56 Å². The molecular weight excluding hydrogens is 276 g/mol. The first-order chi connectivity index (χ1) is 9.40. The van der Waals surface area contributed by atoms with Crippen molar-refractivity contribution in [3.8, 4) is 6.07 Å². The fourth-order valence-electron chi connectivity index (χ4n) is 1.70. The molecule has 0 aromatic heterocycles. The zero-order chi connectivity index (χ0) is 14.8. The summed E-state index contributed by atoms with van der Waals surface area (Å²) < 4.78 is 22.7. The Bertz CT molecular complexity index is 794. The molecule has 2 aromatic rings. The molecule has 102 valence electrons. The van der Waals surface area contributed by atoms with E-state index in [1.165, 1.54) is 12.1 Å². The van der Waals surface area contributed by atoms with Gasteiger partial charge < -0.3 is 11.1 Å². The highest BCUT2D eigenvalue weighted by atomic mass is 32.2. The number of hydrogen-bond acceptors (Lipinski definition) is 5. The van der Waals surface area contributed by atoms with Crippen LogP contribution in [-0.4, -0.2) is 8.42 Å². The molecule has 0 aliphatic heterocycles. The summed E-state index contributed by atoms with van der Waals surface area (Å²) in [6, 6.07) is 13.1. The van der Waals surface area contributed by atoms with Crippen LogP contribution in [-0.2, 0) is 10.0 Å². The van der Waals surface area contributed by atoms with Gasteiger partial charge in [0, 0.05) is 11.4 Å². The highest BCUT2D eigenvalue weighted by molar-refractivity contribution is 7.89. The van der Waals surface area contributed by atoms with Crippen LogP contribution in [0.25, 0.3) is 0 Å². The third kappa shape index (κ3) is 3.06. The topological polar surface area (TPSA) is 122 Å². The smallest absolute Gasteiger partial charge is 0.238 e. The number of nitrogens with one attached hydrogen (secondary N) is 1. The van der Waals surface area contributed by atoms with Gasteiger partial charge in [0.15, 0.2) is 0 Å². The predicted octanol–water partition coefficient (Wildman–Crippen LogP) is 1.53. The largest absolute Gasteiger partial charge is 0.399 e. The van der Waals surface area contributed by atoms with Gasteiger partial charge in [0.25, 0.3) is 0 Å². The van der Waals surface area contributed by atoms with E-state index >= 15 is 0 Å². The van der Waals surface area contributed by atoms with Crippen LogP contribution in [0, 0.1) is 11.3 Å². The van der Waals surface area contributed by atoms with E-state index < -0.39 is 10.0 Å². The number of anilines is 3. The van der Waals surface area contributed by atoms with E-state index in [0.717, 1.165) is 0 Å². The molecule has 0 atom stereocenters. The fourth-order valence-corrected chi connectivity index (χ4v) is 2.30. The van der Waals surface area contributed by atoms with Crippen molar-refractivity contribution in [2.24, 2.45) is 5.14 Å². The van der Waals surface area contributed by atoms with Gasteiger partial charge in [0.05, 0.1) is 16.1 Å². The van der Waals surface area contributed by atoms with E-state index in [9.17, 15) is 8.42 Å². The molecule has 7 heteroatoms. The number of hydrogen-bond donors (Lipinski definition) is 3. The molecule has 5 N–H and O–H groups in total. The van der Waals surface area contributed by atoms with Crippen LogP contribution in [0.3, 0.4) is 0 Å². The Kier molecular flexibility index (Phi) is 3.61. The van der Waals surface area contributed by atoms with Gasteiger partial charge in [-0.15, -0.1) is 0 Å². The Balaban J connectivity index is 2.45. The Morgan fingerprint density at radius 3 is 2.50 bits per heavy atom. The molecule has 0 aliphatic carbocycles. The Hall–Kier alpha value is -2.56. The third-order valence-electron chi connectivity index (χ3n) is 2.58. The first-order valence-electron chi connectivity index (χ1n) is 5.59. The lowest BCUT2D eigenvalue weighted by atomic mass is 10.2. The van der Waals surface area contributed by atoms with E-state index in [0.29, 0.717) is 16.9 Å². The molecule has 0 radical (unpaired) electrons. The molecule has 2 aromatic carbocycles. The SMILES string of the molecule is N#Cc1ccccc1Nc1cc(N)cc(S(N)(=O)=O)c1. The van der Waals surface area contributed by atoms with Crippen LogP contribution in [0.5, 0.6) is 0 Å².